The Morgan fingerprint density at radius 1 is 0.867 bits per heavy atom. The van der Waals surface area contributed by atoms with E-state index in [1.54, 1.807) is 24.7 Å². The maximum atomic E-state index is 4.18. The van der Waals surface area contributed by atoms with Crippen LogP contribution in [-0.4, -0.2) is 15.0 Å². The molecule has 0 radical (unpaired) electrons. The molecule has 0 bridgehead atoms. The molecule has 15 heavy (non-hydrogen) atoms. The van der Waals surface area contributed by atoms with Gasteiger partial charge in [0.25, 0.3) is 0 Å². The molecular formula is C12H15N3. The van der Waals surface area contributed by atoms with Crippen LogP contribution in [0.5, 0.6) is 0 Å². The highest BCUT2D eigenvalue weighted by Crippen LogP contribution is 2.15. The summed E-state index contributed by atoms with van der Waals surface area (Å²) in [6.45, 7) is 5.95. The van der Waals surface area contributed by atoms with Crippen molar-refractivity contribution in [3.63, 3.8) is 0 Å². The Morgan fingerprint density at radius 3 is 2.07 bits per heavy atom. The summed E-state index contributed by atoms with van der Waals surface area (Å²) < 4.78 is 0. The smallest absolute Gasteiger partial charge is 0.160 e. The Morgan fingerprint density at radius 2 is 1.47 bits per heavy atom. The van der Waals surface area contributed by atoms with Gasteiger partial charge in [0, 0.05) is 29.8 Å². The fourth-order valence-corrected chi connectivity index (χ4v) is 1.16. The highest BCUT2D eigenvalue weighted by Gasteiger charge is 2.02. The Balaban J connectivity index is 0.000000531. The average Bonchev–Trinajstić information content (AvgIpc) is 2.33. The molecule has 0 atom stereocenters. The van der Waals surface area contributed by atoms with E-state index < -0.39 is 0 Å². The van der Waals surface area contributed by atoms with Gasteiger partial charge in [-0.3, -0.25) is 4.98 Å². The summed E-state index contributed by atoms with van der Waals surface area (Å²) in [5.41, 5.74) is 1.94. The number of aromatic nitrogens is 3. The molecule has 0 spiro atoms. The number of hydrogen-bond acceptors (Lipinski definition) is 3. The molecular weight excluding hydrogens is 186 g/mol. The van der Waals surface area contributed by atoms with Crippen LogP contribution in [-0.2, 0) is 0 Å². The molecule has 2 aromatic rings. The molecule has 78 valence electrons. The first-order chi connectivity index (χ1) is 7.38. The molecule has 2 rings (SSSR count). The molecule has 0 saturated carbocycles. The molecule has 0 unspecified atom stereocenters. The van der Waals surface area contributed by atoms with Gasteiger partial charge in [0.2, 0.25) is 0 Å². The molecule has 0 aliphatic heterocycles. The minimum absolute atomic E-state index is 0.730. The van der Waals surface area contributed by atoms with Crippen LogP contribution in [0.1, 0.15) is 19.5 Å². The lowest BCUT2D eigenvalue weighted by Crippen LogP contribution is -1.91. The average molecular weight is 201 g/mol. The number of aryl methyl sites for hydroxylation is 1. The van der Waals surface area contributed by atoms with Crippen LogP contribution in [0.3, 0.4) is 0 Å². The van der Waals surface area contributed by atoms with Crippen molar-refractivity contribution < 1.29 is 0 Å². The van der Waals surface area contributed by atoms with Crippen molar-refractivity contribution in [2.24, 2.45) is 0 Å². The zero-order chi connectivity index (χ0) is 11.1. The van der Waals surface area contributed by atoms with Crippen molar-refractivity contribution in [2.45, 2.75) is 20.8 Å². The second-order valence-electron chi connectivity index (χ2n) is 2.71. The molecule has 0 aliphatic carbocycles. The van der Waals surface area contributed by atoms with E-state index in [9.17, 15) is 0 Å². The van der Waals surface area contributed by atoms with Crippen LogP contribution in [0.4, 0.5) is 0 Å². The molecule has 0 aromatic carbocycles. The van der Waals surface area contributed by atoms with Crippen LogP contribution in [0, 0.1) is 6.92 Å². The van der Waals surface area contributed by atoms with Gasteiger partial charge in [0.05, 0.1) is 0 Å². The highest BCUT2D eigenvalue weighted by molar-refractivity contribution is 5.56. The first-order valence-corrected chi connectivity index (χ1v) is 5.07. The van der Waals surface area contributed by atoms with Gasteiger partial charge in [-0.2, -0.15) is 0 Å². The Kier molecular flexibility index (Phi) is 4.41. The largest absolute Gasteiger partial charge is 0.261 e. The zero-order valence-electron chi connectivity index (χ0n) is 9.31. The van der Waals surface area contributed by atoms with E-state index in [1.165, 1.54) is 0 Å². The van der Waals surface area contributed by atoms with Crippen molar-refractivity contribution in [3.05, 3.63) is 42.5 Å². The molecule has 0 saturated heterocycles. The van der Waals surface area contributed by atoms with Gasteiger partial charge in [0.1, 0.15) is 0 Å². The molecule has 0 fully saturated rings. The van der Waals surface area contributed by atoms with Gasteiger partial charge in [0.15, 0.2) is 5.82 Å². The fraction of sp³-hybridized carbons (Fsp3) is 0.250. The molecule has 0 N–H and O–H groups in total. The van der Waals surface area contributed by atoms with Crippen LogP contribution in [0.2, 0.25) is 0 Å². The van der Waals surface area contributed by atoms with Gasteiger partial charge in [-0.1, -0.05) is 13.8 Å². The van der Waals surface area contributed by atoms with Gasteiger partial charge < -0.3 is 0 Å². The first-order valence-electron chi connectivity index (χ1n) is 5.07. The van der Waals surface area contributed by atoms with E-state index >= 15 is 0 Å². The summed E-state index contributed by atoms with van der Waals surface area (Å²) in [6.07, 6.45) is 5.23. The number of pyridine rings is 1. The number of hydrogen-bond donors (Lipinski definition) is 0. The van der Waals surface area contributed by atoms with Crippen molar-refractivity contribution >= 4 is 0 Å². The van der Waals surface area contributed by atoms with Crippen molar-refractivity contribution in [1.82, 2.24) is 15.0 Å². The highest BCUT2D eigenvalue weighted by atomic mass is 14.9. The lowest BCUT2D eigenvalue weighted by Gasteiger charge is -2.00. The van der Waals surface area contributed by atoms with Crippen LogP contribution < -0.4 is 0 Å². The molecule has 0 amide bonds. The molecule has 3 nitrogen and oxygen atoms in total. The predicted octanol–water partition coefficient (Wildman–Crippen LogP) is 2.87. The van der Waals surface area contributed by atoms with Crippen LogP contribution >= 0.6 is 0 Å². The summed E-state index contributed by atoms with van der Waals surface area (Å²) in [6, 6.07) is 5.66. The Hall–Kier alpha value is -1.77. The van der Waals surface area contributed by atoms with Gasteiger partial charge in [-0.05, 0) is 25.1 Å². The minimum atomic E-state index is 0.730. The second-order valence-corrected chi connectivity index (χ2v) is 2.71. The van der Waals surface area contributed by atoms with Gasteiger partial charge >= 0.3 is 0 Å². The monoisotopic (exact) mass is 201 g/mol. The lowest BCUT2D eigenvalue weighted by molar-refractivity contribution is 1.13. The third kappa shape index (κ3) is 2.84. The first kappa shape index (κ1) is 11.3. The Bertz CT molecular complexity index is 399. The topological polar surface area (TPSA) is 38.7 Å². The summed E-state index contributed by atoms with van der Waals surface area (Å²) in [4.78, 5) is 12.5. The summed E-state index contributed by atoms with van der Waals surface area (Å²) in [5.74, 6) is 0.730. The van der Waals surface area contributed by atoms with E-state index in [4.69, 9.17) is 0 Å². The lowest BCUT2D eigenvalue weighted by atomic mass is 10.2. The molecule has 3 heteroatoms. The SMILES string of the molecule is CC.Cc1ncccc1-c1ncccn1. The number of nitrogens with zero attached hydrogens (tertiary/aromatic N) is 3. The van der Waals surface area contributed by atoms with E-state index in [-0.39, 0.29) is 0 Å². The van der Waals surface area contributed by atoms with E-state index in [1.807, 2.05) is 32.9 Å². The second kappa shape index (κ2) is 5.86. The van der Waals surface area contributed by atoms with E-state index in [0.717, 1.165) is 17.1 Å². The summed E-state index contributed by atoms with van der Waals surface area (Å²) in [5, 5.41) is 0. The maximum Gasteiger partial charge on any atom is 0.160 e. The maximum absolute atomic E-state index is 4.18. The van der Waals surface area contributed by atoms with E-state index in [2.05, 4.69) is 15.0 Å². The molecule has 2 heterocycles. The molecule has 2 aromatic heterocycles. The Labute approximate surface area is 90.2 Å². The quantitative estimate of drug-likeness (QED) is 0.712. The predicted molar refractivity (Wildman–Crippen MR) is 61.3 cm³/mol. The van der Waals surface area contributed by atoms with Crippen LogP contribution in [0.15, 0.2) is 36.8 Å². The van der Waals surface area contributed by atoms with Crippen molar-refractivity contribution in [2.75, 3.05) is 0 Å². The van der Waals surface area contributed by atoms with Crippen molar-refractivity contribution in [3.8, 4) is 11.4 Å². The standard InChI is InChI=1S/C10H9N3.C2H6/c1-8-9(4-2-5-11-8)10-12-6-3-7-13-10;1-2/h2-7H,1H3;1-2H3. The van der Waals surface area contributed by atoms with Gasteiger partial charge in [-0.15, -0.1) is 0 Å². The molecule has 0 aliphatic rings. The zero-order valence-corrected chi connectivity index (χ0v) is 9.31. The minimum Gasteiger partial charge on any atom is -0.261 e. The van der Waals surface area contributed by atoms with Gasteiger partial charge in [-0.25, -0.2) is 9.97 Å². The van der Waals surface area contributed by atoms with Crippen LogP contribution in [0.25, 0.3) is 11.4 Å². The summed E-state index contributed by atoms with van der Waals surface area (Å²) >= 11 is 0. The normalized spacial score (nSPS) is 9.00. The third-order valence-electron chi connectivity index (χ3n) is 1.81. The fourth-order valence-electron chi connectivity index (χ4n) is 1.16. The summed E-state index contributed by atoms with van der Waals surface area (Å²) in [7, 11) is 0. The van der Waals surface area contributed by atoms with Crippen molar-refractivity contribution in [1.29, 1.82) is 0 Å². The van der Waals surface area contributed by atoms with E-state index in [0.29, 0.717) is 0 Å². The number of rotatable bonds is 1. The third-order valence-corrected chi connectivity index (χ3v) is 1.81.